The molecule has 1 aromatic rings. The smallest absolute Gasteiger partial charge is 0.134 e. The van der Waals surface area contributed by atoms with Gasteiger partial charge in [-0.3, -0.25) is 0 Å². The molecular weight excluding hydrogens is 178 g/mol. The van der Waals surface area contributed by atoms with Gasteiger partial charge in [0, 0.05) is 26.1 Å². The molecule has 2 rings (SSSR count). The van der Waals surface area contributed by atoms with E-state index in [0.29, 0.717) is 12.5 Å². The van der Waals surface area contributed by atoms with Crippen LogP contribution in [0.3, 0.4) is 0 Å². The predicted octanol–water partition coefficient (Wildman–Crippen LogP) is 1.54. The summed E-state index contributed by atoms with van der Waals surface area (Å²) in [5.74, 6) is 2.43. The molecule has 0 bridgehead atoms. The monoisotopic (exact) mass is 193 g/mol. The second kappa shape index (κ2) is 3.92. The van der Waals surface area contributed by atoms with E-state index in [0.717, 1.165) is 17.3 Å². The van der Waals surface area contributed by atoms with Crippen LogP contribution in [-0.2, 0) is 11.3 Å². The Bertz CT molecular complexity index is 323. The van der Waals surface area contributed by atoms with Crippen LogP contribution in [0.1, 0.15) is 30.3 Å². The Labute approximate surface area is 83.7 Å². The van der Waals surface area contributed by atoms with E-state index in [1.165, 1.54) is 12.8 Å². The van der Waals surface area contributed by atoms with Crippen molar-refractivity contribution in [2.45, 2.75) is 25.4 Å². The van der Waals surface area contributed by atoms with Crippen molar-refractivity contribution in [3.63, 3.8) is 0 Å². The number of nitrogens with one attached hydrogen (secondary N) is 1. The molecule has 0 spiro atoms. The number of nitrogens with zero attached hydrogens (tertiary/aromatic N) is 2. The van der Waals surface area contributed by atoms with Crippen LogP contribution in [0.2, 0.25) is 0 Å². The minimum atomic E-state index is 0.552. The van der Waals surface area contributed by atoms with Crippen molar-refractivity contribution < 1.29 is 4.74 Å². The highest BCUT2D eigenvalue weighted by Gasteiger charge is 2.27. The standard InChI is InChI=1S/C10H15N3O/c1-11-9-5-8(6-14-2)12-10(13-9)7-3-4-7/h5,7H,3-4,6H2,1-2H3,(H,11,12,13). The first kappa shape index (κ1) is 9.40. The Morgan fingerprint density at radius 1 is 1.50 bits per heavy atom. The summed E-state index contributed by atoms with van der Waals surface area (Å²) >= 11 is 0. The van der Waals surface area contributed by atoms with Crippen LogP contribution in [0, 0.1) is 0 Å². The Morgan fingerprint density at radius 3 is 2.86 bits per heavy atom. The minimum absolute atomic E-state index is 0.552. The van der Waals surface area contributed by atoms with Crippen molar-refractivity contribution >= 4 is 5.82 Å². The third-order valence-corrected chi connectivity index (χ3v) is 2.29. The first-order chi connectivity index (χ1) is 6.83. The molecule has 4 nitrogen and oxygen atoms in total. The minimum Gasteiger partial charge on any atom is -0.378 e. The first-order valence-electron chi connectivity index (χ1n) is 4.88. The molecule has 4 heteroatoms. The van der Waals surface area contributed by atoms with Gasteiger partial charge in [-0.1, -0.05) is 0 Å². The van der Waals surface area contributed by atoms with Gasteiger partial charge < -0.3 is 10.1 Å². The van der Waals surface area contributed by atoms with E-state index in [1.54, 1.807) is 7.11 Å². The van der Waals surface area contributed by atoms with E-state index < -0.39 is 0 Å². The van der Waals surface area contributed by atoms with Crippen molar-refractivity contribution in [1.29, 1.82) is 0 Å². The van der Waals surface area contributed by atoms with E-state index in [-0.39, 0.29) is 0 Å². The van der Waals surface area contributed by atoms with Gasteiger partial charge in [0.1, 0.15) is 11.6 Å². The Balaban J connectivity index is 2.26. The van der Waals surface area contributed by atoms with Gasteiger partial charge in [0.25, 0.3) is 0 Å². The summed E-state index contributed by atoms with van der Waals surface area (Å²) in [6.45, 7) is 0.552. The van der Waals surface area contributed by atoms with E-state index in [4.69, 9.17) is 4.74 Å². The van der Waals surface area contributed by atoms with Crippen molar-refractivity contribution in [3.05, 3.63) is 17.6 Å². The fourth-order valence-electron chi connectivity index (χ4n) is 1.39. The average molecular weight is 193 g/mol. The molecule has 1 fully saturated rings. The summed E-state index contributed by atoms with van der Waals surface area (Å²) in [6, 6.07) is 1.93. The van der Waals surface area contributed by atoms with Gasteiger partial charge in [-0.05, 0) is 12.8 Å². The molecule has 1 aliphatic rings. The molecule has 0 aromatic carbocycles. The predicted molar refractivity (Wildman–Crippen MR) is 54.3 cm³/mol. The summed E-state index contributed by atoms with van der Waals surface area (Å²) in [5.41, 5.74) is 0.953. The lowest BCUT2D eigenvalue weighted by atomic mass is 10.3. The lowest BCUT2D eigenvalue weighted by Crippen LogP contribution is -2.03. The largest absolute Gasteiger partial charge is 0.378 e. The zero-order valence-electron chi connectivity index (χ0n) is 8.58. The van der Waals surface area contributed by atoms with Crippen LogP contribution in [0.5, 0.6) is 0 Å². The molecule has 0 aliphatic heterocycles. The lowest BCUT2D eigenvalue weighted by Gasteiger charge is -2.06. The molecule has 1 N–H and O–H groups in total. The maximum absolute atomic E-state index is 5.06. The zero-order chi connectivity index (χ0) is 9.97. The third-order valence-electron chi connectivity index (χ3n) is 2.29. The van der Waals surface area contributed by atoms with Crippen LogP contribution in [0.4, 0.5) is 5.82 Å². The van der Waals surface area contributed by atoms with Crippen molar-refractivity contribution in [1.82, 2.24) is 9.97 Å². The molecule has 1 aliphatic carbocycles. The van der Waals surface area contributed by atoms with E-state index in [2.05, 4.69) is 15.3 Å². The maximum Gasteiger partial charge on any atom is 0.134 e. The van der Waals surface area contributed by atoms with Crippen molar-refractivity contribution in [2.24, 2.45) is 0 Å². The maximum atomic E-state index is 5.06. The van der Waals surface area contributed by atoms with Gasteiger partial charge in [0.2, 0.25) is 0 Å². The zero-order valence-corrected chi connectivity index (χ0v) is 8.58. The van der Waals surface area contributed by atoms with Crippen LogP contribution >= 0.6 is 0 Å². The molecule has 1 aromatic heterocycles. The topological polar surface area (TPSA) is 47.0 Å². The summed E-state index contributed by atoms with van der Waals surface area (Å²) in [6.07, 6.45) is 2.44. The number of ether oxygens (including phenoxy) is 1. The highest BCUT2D eigenvalue weighted by atomic mass is 16.5. The van der Waals surface area contributed by atoms with Crippen molar-refractivity contribution in [2.75, 3.05) is 19.5 Å². The van der Waals surface area contributed by atoms with E-state index in [9.17, 15) is 0 Å². The first-order valence-corrected chi connectivity index (χ1v) is 4.88. The normalized spacial score (nSPS) is 15.6. The summed E-state index contributed by atoms with van der Waals surface area (Å²) in [4.78, 5) is 8.88. The van der Waals surface area contributed by atoms with Crippen LogP contribution in [0.15, 0.2) is 6.07 Å². The lowest BCUT2D eigenvalue weighted by molar-refractivity contribution is 0.181. The van der Waals surface area contributed by atoms with E-state index in [1.807, 2.05) is 13.1 Å². The van der Waals surface area contributed by atoms with Crippen LogP contribution < -0.4 is 5.32 Å². The molecular formula is C10H15N3O. The number of aromatic nitrogens is 2. The fraction of sp³-hybridized carbons (Fsp3) is 0.600. The van der Waals surface area contributed by atoms with Crippen LogP contribution in [0.25, 0.3) is 0 Å². The Morgan fingerprint density at radius 2 is 2.29 bits per heavy atom. The molecule has 14 heavy (non-hydrogen) atoms. The third kappa shape index (κ3) is 2.01. The average Bonchev–Trinajstić information content (AvgIpc) is 3.01. The summed E-state index contributed by atoms with van der Waals surface area (Å²) < 4.78 is 5.06. The molecule has 0 unspecified atom stereocenters. The van der Waals surface area contributed by atoms with Gasteiger partial charge in [-0.2, -0.15) is 0 Å². The highest BCUT2D eigenvalue weighted by Crippen LogP contribution is 2.38. The fourth-order valence-corrected chi connectivity index (χ4v) is 1.39. The van der Waals surface area contributed by atoms with E-state index >= 15 is 0 Å². The van der Waals surface area contributed by atoms with Gasteiger partial charge in [-0.15, -0.1) is 0 Å². The van der Waals surface area contributed by atoms with Gasteiger partial charge in [0.15, 0.2) is 0 Å². The molecule has 0 saturated heterocycles. The van der Waals surface area contributed by atoms with Crippen LogP contribution in [-0.4, -0.2) is 24.1 Å². The summed E-state index contributed by atoms with van der Waals surface area (Å²) in [7, 11) is 3.55. The molecule has 1 saturated carbocycles. The molecule has 0 radical (unpaired) electrons. The van der Waals surface area contributed by atoms with Gasteiger partial charge >= 0.3 is 0 Å². The molecule has 76 valence electrons. The Kier molecular flexibility index (Phi) is 2.63. The highest BCUT2D eigenvalue weighted by molar-refractivity contribution is 5.36. The summed E-state index contributed by atoms with van der Waals surface area (Å²) in [5, 5.41) is 3.04. The number of hydrogen-bond acceptors (Lipinski definition) is 4. The number of anilines is 1. The number of hydrogen-bond donors (Lipinski definition) is 1. The molecule has 1 heterocycles. The van der Waals surface area contributed by atoms with Crippen molar-refractivity contribution in [3.8, 4) is 0 Å². The van der Waals surface area contributed by atoms with Gasteiger partial charge in [-0.25, -0.2) is 9.97 Å². The Hall–Kier alpha value is -1.16. The molecule has 0 amide bonds. The SMILES string of the molecule is CNc1cc(COC)nc(C2CC2)n1. The second-order valence-corrected chi connectivity index (χ2v) is 3.56. The molecule has 0 atom stereocenters. The van der Waals surface area contributed by atoms with Gasteiger partial charge in [0.05, 0.1) is 12.3 Å². The number of rotatable bonds is 4. The number of methoxy groups -OCH3 is 1. The second-order valence-electron chi connectivity index (χ2n) is 3.56. The quantitative estimate of drug-likeness (QED) is 0.788.